The summed E-state index contributed by atoms with van der Waals surface area (Å²) in [7, 11) is -2.49. The van der Waals surface area contributed by atoms with Crippen LogP contribution in [-0.2, 0) is 19.6 Å². The van der Waals surface area contributed by atoms with Crippen molar-refractivity contribution in [3.63, 3.8) is 0 Å². The largest absolute Gasteiger partial charge is 0.465 e. The zero-order valence-electron chi connectivity index (χ0n) is 9.63. The summed E-state index contributed by atoms with van der Waals surface area (Å²) in [4.78, 5) is 11.1. The molecule has 92 valence electrons. The molecule has 0 aliphatic heterocycles. The van der Waals surface area contributed by atoms with Crippen LogP contribution < -0.4 is 0 Å². The number of carbonyl (C=O) groups excluding carboxylic acids is 1. The molecule has 0 amide bonds. The van der Waals surface area contributed by atoms with E-state index in [4.69, 9.17) is 5.26 Å². The Morgan fingerprint density at radius 3 is 2.44 bits per heavy atom. The van der Waals surface area contributed by atoms with Gasteiger partial charge in [0.15, 0.2) is 5.25 Å². The van der Waals surface area contributed by atoms with Gasteiger partial charge in [-0.05, 0) is 13.3 Å². The Labute approximate surface area is 95.8 Å². The maximum absolute atomic E-state index is 11.7. The van der Waals surface area contributed by atoms with Crippen LogP contribution in [0.4, 0.5) is 0 Å². The molecule has 0 aromatic heterocycles. The highest BCUT2D eigenvalue weighted by atomic mass is 32.2. The van der Waals surface area contributed by atoms with Crippen molar-refractivity contribution in [2.45, 2.75) is 25.5 Å². The Bertz CT molecular complexity index is 371. The highest BCUT2D eigenvalue weighted by molar-refractivity contribution is 7.90. The molecule has 0 radical (unpaired) electrons. The number of hydrogen-bond acceptors (Lipinski definition) is 5. The third-order valence-corrected chi connectivity index (χ3v) is 4.12. The van der Waals surface area contributed by atoms with E-state index in [0.717, 1.165) is 4.31 Å². The Morgan fingerprint density at radius 2 is 2.06 bits per heavy atom. The van der Waals surface area contributed by atoms with E-state index in [0.29, 0.717) is 0 Å². The molecule has 0 saturated carbocycles. The zero-order valence-corrected chi connectivity index (χ0v) is 10.5. The van der Waals surface area contributed by atoms with Crippen LogP contribution in [-0.4, -0.2) is 44.1 Å². The Hall–Kier alpha value is -1.13. The van der Waals surface area contributed by atoms with E-state index in [1.165, 1.54) is 7.05 Å². The van der Waals surface area contributed by atoms with Crippen molar-refractivity contribution in [2.24, 2.45) is 0 Å². The van der Waals surface area contributed by atoms with Gasteiger partial charge in [0.25, 0.3) is 0 Å². The number of rotatable bonds is 6. The van der Waals surface area contributed by atoms with Crippen molar-refractivity contribution in [3.8, 4) is 6.07 Å². The average Bonchev–Trinajstić information content (AvgIpc) is 2.19. The minimum Gasteiger partial charge on any atom is -0.465 e. The van der Waals surface area contributed by atoms with Crippen molar-refractivity contribution in [1.29, 1.82) is 5.26 Å². The van der Waals surface area contributed by atoms with Crippen molar-refractivity contribution in [3.05, 3.63) is 0 Å². The number of hydrogen-bond donors (Lipinski definition) is 0. The third kappa shape index (κ3) is 3.79. The van der Waals surface area contributed by atoms with Gasteiger partial charge in [-0.15, -0.1) is 0 Å². The van der Waals surface area contributed by atoms with Crippen LogP contribution in [0.3, 0.4) is 0 Å². The molecule has 6 nitrogen and oxygen atoms in total. The second-order valence-electron chi connectivity index (χ2n) is 3.13. The van der Waals surface area contributed by atoms with Crippen LogP contribution in [0.1, 0.15) is 20.3 Å². The molecule has 1 atom stereocenters. The fourth-order valence-electron chi connectivity index (χ4n) is 1.06. The fourth-order valence-corrected chi connectivity index (χ4v) is 2.34. The van der Waals surface area contributed by atoms with Gasteiger partial charge in [0.2, 0.25) is 10.0 Å². The normalized spacial score (nSPS) is 13.2. The lowest BCUT2D eigenvalue weighted by atomic mass is 10.4. The fraction of sp³-hybridized carbons (Fsp3) is 0.778. The number of likely N-dealkylation sites (N-methyl/N-ethyl adjacent to an activating group) is 1. The molecule has 0 heterocycles. The molecule has 0 fully saturated rings. The molecule has 7 heteroatoms. The molecule has 0 saturated heterocycles. The molecule has 0 spiro atoms. The van der Waals surface area contributed by atoms with Gasteiger partial charge in [-0.25, -0.2) is 8.42 Å². The van der Waals surface area contributed by atoms with Gasteiger partial charge in [0.1, 0.15) is 6.54 Å². The number of nitriles is 1. The molecule has 0 aliphatic rings. The maximum Gasteiger partial charge on any atom is 0.321 e. The molecule has 0 N–H and O–H groups in total. The van der Waals surface area contributed by atoms with E-state index in [9.17, 15) is 13.2 Å². The smallest absolute Gasteiger partial charge is 0.321 e. The highest BCUT2D eigenvalue weighted by Gasteiger charge is 2.29. The molecule has 16 heavy (non-hydrogen) atoms. The van der Waals surface area contributed by atoms with Crippen LogP contribution in [0.15, 0.2) is 0 Å². The number of nitrogens with zero attached hydrogens (tertiary/aromatic N) is 2. The van der Waals surface area contributed by atoms with E-state index in [1.54, 1.807) is 19.9 Å². The standard InChI is InChI=1S/C9H16N2O4S/c1-4-8(6-10)16(13,14)11(3)7-9(12)15-5-2/h8H,4-5,7H2,1-3H3. The second kappa shape index (κ2) is 6.45. The first-order valence-electron chi connectivity index (χ1n) is 4.90. The number of carbonyl (C=O) groups is 1. The summed E-state index contributed by atoms with van der Waals surface area (Å²) in [5.41, 5.74) is 0. The first kappa shape index (κ1) is 14.9. The average molecular weight is 248 g/mol. The lowest BCUT2D eigenvalue weighted by Gasteiger charge is -2.18. The van der Waals surface area contributed by atoms with Gasteiger partial charge >= 0.3 is 5.97 Å². The van der Waals surface area contributed by atoms with E-state index in [-0.39, 0.29) is 19.6 Å². The number of sulfonamides is 1. The number of ether oxygens (including phenoxy) is 1. The monoisotopic (exact) mass is 248 g/mol. The van der Waals surface area contributed by atoms with E-state index in [1.807, 2.05) is 0 Å². The lowest BCUT2D eigenvalue weighted by molar-refractivity contribution is -0.143. The molecule has 0 rings (SSSR count). The van der Waals surface area contributed by atoms with Crippen molar-refractivity contribution in [1.82, 2.24) is 4.31 Å². The molecule has 0 aliphatic carbocycles. The van der Waals surface area contributed by atoms with Gasteiger partial charge in [0, 0.05) is 7.05 Å². The second-order valence-corrected chi connectivity index (χ2v) is 5.35. The van der Waals surface area contributed by atoms with Crippen molar-refractivity contribution in [2.75, 3.05) is 20.2 Å². The maximum atomic E-state index is 11.7. The van der Waals surface area contributed by atoms with Crippen molar-refractivity contribution >= 4 is 16.0 Å². The van der Waals surface area contributed by atoms with Crippen LogP contribution >= 0.6 is 0 Å². The molecule has 0 aromatic rings. The lowest BCUT2D eigenvalue weighted by Crippen LogP contribution is -2.38. The molecule has 1 unspecified atom stereocenters. The summed E-state index contributed by atoms with van der Waals surface area (Å²) in [6, 6.07) is 1.70. The van der Waals surface area contributed by atoms with Crippen LogP contribution in [0.2, 0.25) is 0 Å². The Morgan fingerprint density at radius 1 is 1.50 bits per heavy atom. The minimum absolute atomic E-state index is 0.187. The summed E-state index contributed by atoms with van der Waals surface area (Å²) in [5.74, 6) is -0.624. The Balaban J connectivity index is 4.66. The van der Waals surface area contributed by atoms with Gasteiger partial charge in [0.05, 0.1) is 12.7 Å². The topological polar surface area (TPSA) is 87.5 Å². The molecule has 0 bridgehead atoms. The molecular formula is C9H16N2O4S. The van der Waals surface area contributed by atoms with Gasteiger partial charge in [-0.3, -0.25) is 4.79 Å². The SMILES string of the molecule is CCOC(=O)CN(C)S(=O)(=O)C(C#N)CC. The van der Waals surface area contributed by atoms with E-state index in [2.05, 4.69) is 4.74 Å². The predicted octanol–water partition coefficient (Wildman–Crippen LogP) is 0.113. The van der Waals surface area contributed by atoms with Gasteiger partial charge < -0.3 is 4.74 Å². The Kier molecular flexibility index (Phi) is 6.00. The first-order valence-corrected chi connectivity index (χ1v) is 6.40. The van der Waals surface area contributed by atoms with Gasteiger partial charge in [-0.2, -0.15) is 9.57 Å². The third-order valence-electron chi connectivity index (χ3n) is 1.97. The predicted molar refractivity (Wildman–Crippen MR) is 57.9 cm³/mol. The van der Waals surface area contributed by atoms with Crippen molar-refractivity contribution < 1.29 is 17.9 Å². The minimum atomic E-state index is -3.74. The zero-order chi connectivity index (χ0) is 12.8. The quantitative estimate of drug-likeness (QED) is 0.623. The summed E-state index contributed by atoms with van der Waals surface area (Å²) < 4.78 is 28.9. The summed E-state index contributed by atoms with van der Waals surface area (Å²) >= 11 is 0. The van der Waals surface area contributed by atoms with Crippen LogP contribution in [0.5, 0.6) is 0 Å². The molecular weight excluding hydrogens is 232 g/mol. The highest BCUT2D eigenvalue weighted by Crippen LogP contribution is 2.09. The molecule has 0 aromatic carbocycles. The number of esters is 1. The van der Waals surface area contributed by atoms with E-state index < -0.39 is 21.2 Å². The van der Waals surface area contributed by atoms with E-state index >= 15 is 0 Å². The van der Waals surface area contributed by atoms with Crippen LogP contribution in [0, 0.1) is 11.3 Å². The first-order chi connectivity index (χ1) is 7.39. The summed E-state index contributed by atoms with van der Waals surface area (Å²) in [6.07, 6.45) is 0.187. The summed E-state index contributed by atoms with van der Waals surface area (Å²) in [6.45, 7) is 3.07. The van der Waals surface area contributed by atoms with Gasteiger partial charge in [-0.1, -0.05) is 6.92 Å². The van der Waals surface area contributed by atoms with Crippen LogP contribution in [0.25, 0.3) is 0 Å². The summed E-state index contributed by atoms with van der Waals surface area (Å²) in [5, 5.41) is 7.56.